The lowest BCUT2D eigenvalue weighted by Crippen LogP contribution is -2.27. The van der Waals surface area contributed by atoms with Crippen LogP contribution in [0.15, 0.2) is 77.7 Å². The van der Waals surface area contributed by atoms with Gasteiger partial charge >= 0.3 is 0 Å². The van der Waals surface area contributed by atoms with Crippen molar-refractivity contribution in [2.75, 3.05) is 22.0 Å². The topological polar surface area (TPSA) is 114 Å². The molecule has 0 aromatic heterocycles. The van der Waals surface area contributed by atoms with Gasteiger partial charge in [0.15, 0.2) is 6.61 Å². The first-order chi connectivity index (χ1) is 16.4. The maximum Gasteiger partial charge on any atom is 0.262 e. The maximum atomic E-state index is 12.6. The van der Waals surface area contributed by atoms with Crippen LogP contribution in [0.2, 0.25) is 5.02 Å². The minimum Gasteiger partial charge on any atom is -0.484 e. The largest absolute Gasteiger partial charge is 0.484 e. The van der Waals surface area contributed by atoms with Crippen molar-refractivity contribution in [3.8, 4) is 5.75 Å². The molecule has 3 N–H and O–H groups in total. The third-order valence-electron chi connectivity index (χ3n) is 4.67. The van der Waals surface area contributed by atoms with Crippen LogP contribution in [-0.2, 0) is 19.6 Å². The lowest BCUT2D eigenvalue weighted by atomic mass is 9.95. The number of benzene rings is 3. The second-order valence-corrected chi connectivity index (χ2v) is 10.8. The number of hydrogen-bond acceptors (Lipinski definition) is 5. The summed E-state index contributed by atoms with van der Waals surface area (Å²) < 4.78 is 33.1. The smallest absolute Gasteiger partial charge is 0.262 e. The molecule has 0 bridgehead atoms. The number of nitrogens with one attached hydrogen (secondary N) is 3. The second-order valence-electron chi connectivity index (χ2n) is 8.71. The van der Waals surface area contributed by atoms with Crippen LogP contribution in [0, 0.1) is 5.41 Å². The number of ether oxygens (including phenoxy) is 1. The molecule has 10 heteroatoms. The molecule has 3 aromatic carbocycles. The molecule has 0 aliphatic carbocycles. The van der Waals surface area contributed by atoms with Crippen LogP contribution in [0.3, 0.4) is 0 Å². The molecule has 3 rings (SSSR count). The van der Waals surface area contributed by atoms with Gasteiger partial charge < -0.3 is 15.4 Å². The van der Waals surface area contributed by atoms with Gasteiger partial charge in [0.1, 0.15) is 5.75 Å². The summed E-state index contributed by atoms with van der Waals surface area (Å²) in [5, 5.41) is 5.86. The van der Waals surface area contributed by atoms with Gasteiger partial charge in [0.2, 0.25) is 5.91 Å². The van der Waals surface area contributed by atoms with Crippen LogP contribution in [0.5, 0.6) is 5.75 Å². The van der Waals surface area contributed by atoms with Crippen molar-refractivity contribution < 1.29 is 22.7 Å². The van der Waals surface area contributed by atoms with E-state index in [2.05, 4.69) is 15.4 Å². The molecule has 0 fully saturated rings. The summed E-state index contributed by atoms with van der Waals surface area (Å²) in [5.74, 6) is -0.150. The van der Waals surface area contributed by atoms with Crippen LogP contribution in [0.25, 0.3) is 0 Å². The van der Waals surface area contributed by atoms with E-state index >= 15 is 0 Å². The van der Waals surface area contributed by atoms with Crippen LogP contribution >= 0.6 is 11.6 Å². The number of hydrogen-bond donors (Lipinski definition) is 3. The first kappa shape index (κ1) is 26.1. The van der Waals surface area contributed by atoms with E-state index in [-0.39, 0.29) is 17.4 Å². The SMILES string of the molecule is CC(C)(C)C(=O)Nc1cccc(OCC(=O)Nc2ccc(S(=O)(=O)Nc3cccc(Cl)c3)cc2)c1. The van der Waals surface area contributed by atoms with Gasteiger partial charge in [-0.05, 0) is 54.6 Å². The predicted octanol–water partition coefficient (Wildman–Crippen LogP) is 5.14. The zero-order chi connectivity index (χ0) is 25.6. The fourth-order valence-electron chi connectivity index (χ4n) is 2.81. The average Bonchev–Trinajstić information content (AvgIpc) is 2.77. The maximum absolute atomic E-state index is 12.6. The fourth-order valence-corrected chi connectivity index (χ4v) is 4.05. The molecular weight excluding hydrogens is 490 g/mol. The Balaban J connectivity index is 1.55. The molecule has 0 aliphatic rings. The summed E-state index contributed by atoms with van der Waals surface area (Å²) in [6.07, 6.45) is 0. The van der Waals surface area contributed by atoms with Gasteiger partial charge in [-0.1, -0.05) is 44.5 Å². The number of sulfonamides is 1. The standard InChI is InChI=1S/C25H26ClN3O5S/c1-25(2,3)24(31)28-19-7-5-9-21(15-19)34-16-23(30)27-18-10-12-22(13-11-18)35(32,33)29-20-8-4-6-17(26)14-20/h4-15,29H,16H2,1-3H3,(H,27,30)(H,28,31). The molecule has 0 atom stereocenters. The quantitative estimate of drug-likeness (QED) is 0.384. The van der Waals surface area contributed by atoms with Gasteiger partial charge in [-0.25, -0.2) is 8.42 Å². The van der Waals surface area contributed by atoms with E-state index in [0.717, 1.165) is 0 Å². The van der Waals surface area contributed by atoms with Crippen molar-refractivity contribution in [2.45, 2.75) is 25.7 Å². The van der Waals surface area contributed by atoms with E-state index in [0.29, 0.717) is 27.8 Å². The first-order valence-corrected chi connectivity index (χ1v) is 12.5. The Hall–Kier alpha value is -3.56. The van der Waals surface area contributed by atoms with Gasteiger partial charge in [0.05, 0.1) is 10.6 Å². The molecule has 0 unspecified atom stereocenters. The van der Waals surface area contributed by atoms with E-state index in [1.54, 1.807) is 42.5 Å². The Morgan fingerprint density at radius 2 is 1.51 bits per heavy atom. The number of anilines is 3. The van der Waals surface area contributed by atoms with Crippen LogP contribution in [0.1, 0.15) is 20.8 Å². The monoisotopic (exact) mass is 515 g/mol. The molecule has 3 aromatic rings. The van der Waals surface area contributed by atoms with E-state index in [4.69, 9.17) is 16.3 Å². The summed E-state index contributed by atoms with van der Waals surface area (Å²) in [6.45, 7) is 5.16. The number of rotatable bonds is 8. The minimum absolute atomic E-state index is 0.0286. The molecular formula is C25H26ClN3O5S. The van der Waals surface area contributed by atoms with Crippen LogP contribution < -0.4 is 20.1 Å². The van der Waals surface area contributed by atoms with Crippen molar-refractivity contribution in [3.63, 3.8) is 0 Å². The molecule has 35 heavy (non-hydrogen) atoms. The van der Waals surface area contributed by atoms with Gasteiger partial charge in [0, 0.05) is 27.9 Å². The highest BCUT2D eigenvalue weighted by Crippen LogP contribution is 2.22. The molecule has 0 radical (unpaired) electrons. The molecule has 8 nitrogen and oxygen atoms in total. The summed E-state index contributed by atoms with van der Waals surface area (Å²) >= 11 is 5.90. The van der Waals surface area contributed by atoms with E-state index in [1.165, 1.54) is 30.3 Å². The van der Waals surface area contributed by atoms with Crippen molar-refractivity contribution in [1.82, 2.24) is 0 Å². The molecule has 184 valence electrons. The highest BCUT2D eigenvalue weighted by atomic mass is 35.5. The molecule has 0 saturated heterocycles. The zero-order valence-corrected chi connectivity index (χ0v) is 21.0. The lowest BCUT2D eigenvalue weighted by Gasteiger charge is -2.18. The summed E-state index contributed by atoms with van der Waals surface area (Å²) in [6, 6.07) is 18.8. The average molecular weight is 516 g/mol. The molecule has 0 saturated carbocycles. The van der Waals surface area contributed by atoms with Gasteiger partial charge in [-0.15, -0.1) is 0 Å². The number of carbonyl (C=O) groups is 2. The van der Waals surface area contributed by atoms with Gasteiger partial charge in [-0.2, -0.15) is 0 Å². The Kier molecular flexibility index (Phi) is 8.03. The fraction of sp³-hybridized carbons (Fsp3) is 0.200. The second kappa shape index (κ2) is 10.8. The van der Waals surface area contributed by atoms with E-state index in [1.807, 2.05) is 20.8 Å². The Morgan fingerprint density at radius 3 is 2.17 bits per heavy atom. The molecule has 2 amide bonds. The molecule has 0 aliphatic heterocycles. The Morgan fingerprint density at radius 1 is 0.857 bits per heavy atom. The predicted molar refractivity (Wildman–Crippen MR) is 137 cm³/mol. The van der Waals surface area contributed by atoms with Gasteiger partial charge in [0.25, 0.3) is 15.9 Å². The zero-order valence-electron chi connectivity index (χ0n) is 19.5. The minimum atomic E-state index is -3.82. The van der Waals surface area contributed by atoms with E-state index < -0.39 is 21.3 Å². The Labute approximate surface area is 209 Å². The highest BCUT2D eigenvalue weighted by Gasteiger charge is 2.21. The van der Waals surface area contributed by atoms with Crippen molar-refractivity contribution in [1.29, 1.82) is 0 Å². The van der Waals surface area contributed by atoms with E-state index in [9.17, 15) is 18.0 Å². The number of carbonyl (C=O) groups excluding carboxylic acids is 2. The Bertz CT molecular complexity index is 1320. The number of halogens is 1. The van der Waals surface area contributed by atoms with Crippen LogP contribution in [-0.4, -0.2) is 26.8 Å². The summed E-state index contributed by atoms with van der Waals surface area (Å²) in [4.78, 5) is 24.5. The summed E-state index contributed by atoms with van der Waals surface area (Å²) in [5.41, 5.74) is 0.767. The number of amides is 2. The molecule has 0 heterocycles. The lowest BCUT2D eigenvalue weighted by molar-refractivity contribution is -0.123. The van der Waals surface area contributed by atoms with Crippen molar-refractivity contribution in [3.05, 3.63) is 77.8 Å². The third-order valence-corrected chi connectivity index (χ3v) is 6.30. The summed E-state index contributed by atoms with van der Waals surface area (Å²) in [7, 11) is -3.82. The first-order valence-electron chi connectivity index (χ1n) is 10.6. The van der Waals surface area contributed by atoms with Gasteiger partial charge in [-0.3, -0.25) is 14.3 Å². The van der Waals surface area contributed by atoms with Crippen molar-refractivity contribution in [2.24, 2.45) is 5.41 Å². The normalized spacial score (nSPS) is 11.4. The molecule has 0 spiro atoms. The highest BCUT2D eigenvalue weighted by molar-refractivity contribution is 7.92. The van der Waals surface area contributed by atoms with Crippen LogP contribution in [0.4, 0.5) is 17.1 Å². The van der Waals surface area contributed by atoms with Crippen molar-refractivity contribution >= 4 is 50.5 Å². The third kappa shape index (κ3) is 7.73.